The van der Waals surface area contributed by atoms with Crippen molar-refractivity contribution in [2.45, 2.75) is 57.2 Å². The first-order chi connectivity index (χ1) is 12.4. The highest BCUT2D eigenvalue weighted by Gasteiger charge is 2.32. The number of benzene rings is 1. The number of alkyl halides is 3. The molecule has 26 heavy (non-hydrogen) atoms. The van der Waals surface area contributed by atoms with E-state index in [-0.39, 0.29) is 17.8 Å². The lowest BCUT2D eigenvalue weighted by atomic mass is 9.94. The van der Waals surface area contributed by atoms with Gasteiger partial charge in [-0.1, -0.05) is 25.3 Å². The molecule has 0 spiro atoms. The van der Waals surface area contributed by atoms with Crippen molar-refractivity contribution in [2.24, 2.45) is 5.92 Å². The number of nitrogens with one attached hydrogen (secondary N) is 1. The van der Waals surface area contributed by atoms with Crippen molar-refractivity contribution < 1.29 is 22.7 Å². The summed E-state index contributed by atoms with van der Waals surface area (Å²) in [5, 5.41) is 2.84. The van der Waals surface area contributed by atoms with Crippen LogP contribution in [-0.4, -0.2) is 36.3 Å². The lowest BCUT2D eigenvalue weighted by Gasteiger charge is -2.34. The predicted molar refractivity (Wildman–Crippen MR) is 93.3 cm³/mol. The van der Waals surface area contributed by atoms with Crippen LogP contribution in [0, 0.1) is 5.92 Å². The van der Waals surface area contributed by atoms with Crippen molar-refractivity contribution in [3.8, 4) is 5.75 Å². The minimum Gasteiger partial charge on any atom is -0.484 e. The molecule has 144 valence electrons. The maximum absolute atomic E-state index is 12.8. The van der Waals surface area contributed by atoms with E-state index in [2.05, 4.69) is 5.32 Å². The van der Waals surface area contributed by atoms with Crippen LogP contribution in [0.4, 0.5) is 23.7 Å². The van der Waals surface area contributed by atoms with Crippen molar-refractivity contribution in [3.05, 3.63) is 24.3 Å². The van der Waals surface area contributed by atoms with Gasteiger partial charge in [0.05, 0.1) is 0 Å². The van der Waals surface area contributed by atoms with Crippen LogP contribution >= 0.6 is 0 Å². The van der Waals surface area contributed by atoms with Crippen molar-refractivity contribution >= 4 is 11.7 Å². The molecule has 0 aliphatic heterocycles. The molecule has 4 nitrogen and oxygen atoms in total. The number of hydrogen-bond acceptors (Lipinski definition) is 2. The zero-order valence-corrected chi connectivity index (χ0v) is 14.7. The first-order valence-electron chi connectivity index (χ1n) is 9.28. The maximum Gasteiger partial charge on any atom is 0.422 e. The number of hydrogen-bond donors (Lipinski definition) is 1. The van der Waals surface area contributed by atoms with Gasteiger partial charge in [-0.25, -0.2) is 4.79 Å². The number of carbonyl (C=O) groups is 1. The highest BCUT2D eigenvalue weighted by Crippen LogP contribution is 2.33. The van der Waals surface area contributed by atoms with Crippen LogP contribution in [0.1, 0.15) is 44.9 Å². The number of nitrogens with zero attached hydrogens (tertiary/aromatic N) is 1. The summed E-state index contributed by atoms with van der Waals surface area (Å²) in [6, 6.07) is 6.21. The summed E-state index contributed by atoms with van der Waals surface area (Å²) in [4.78, 5) is 14.7. The first-order valence-corrected chi connectivity index (χ1v) is 9.28. The van der Waals surface area contributed by atoms with E-state index in [1.165, 1.54) is 18.6 Å². The molecule has 2 aliphatic rings. The second kappa shape index (κ2) is 8.18. The summed E-state index contributed by atoms with van der Waals surface area (Å²) in [6.45, 7) is -0.582. The Morgan fingerprint density at radius 2 is 1.88 bits per heavy atom. The topological polar surface area (TPSA) is 41.6 Å². The molecule has 7 heteroatoms. The molecule has 0 saturated heterocycles. The minimum atomic E-state index is -4.39. The van der Waals surface area contributed by atoms with Crippen LogP contribution in [-0.2, 0) is 0 Å². The van der Waals surface area contributed by atoms with Crippen LogP contribution in [0.25, 0.3) is 0 Å². The molecular formula is C19H25F3N2O2. The van der Waals surface area contributed by atoms with Gasteiger partial charge in [-0.3, -0.25) is 0 Å². The Hall–Kier alpha value is -1.92. The van der Waals surface area contributed by atoms with Crippen LogP contribution in [0.3, 0.4) is 0 Å². The molecule has 0 bridgehead atoms. The second-order valence-corrected chi connectivity index (χ2v) is 7.25. The third kappa shape index (κ3) is 5.81. The zero-order valence-electron chi connectivity index (χ0n) is 14.7. The molecule has 1 aromatic carbocycles. The van der Waals surface area contributed by atoms with Gasteiger partial charge in [0.1, 0.15) is 5.75 Å². The van der Waals surface area contributed by atoms with E-state index < -0.39 is 12.8 Å². The smallest absolute Gasteiger partial charge is 0.422 e. The van der Waals surface area contributed by atoms with Gasteiger partial charge >= 0.3 is 12.2 Å². The Kier molecular flexibility index (Phi) is 5.94. The lowest BCUT2D eigenvalue weighted by molar-refractivity contribution is -0.153. The van der Waals surface area contributed by atoms with Crippen LogP contribution in [0.5, 0.6) is 5.75 Å². The SMILES string of the molecule is O=C(Nc1cccc(OCC(F)(F)F)c1)N(CC1CC1)C1CCCCC1. The fraction of sp³-hybridized carbons (Fsp3) is 0.632. The predicted octanol–water partition coefficient (Wildman–Crippen LogP) is 5.20. The molecule has 1 aromatic rings. The van der Waals surface area contributed by atoms with Gasteiger partial charge in [-0.15, -0.1) is 0 Å². The molecule has 3 rings (SSSR count). The standard InChI is InChI=1S/C19H25F3N2O2/c20-19(21,22)13-26-17-8-4-5-15(11-17)23-18(25)24(12-14-9-10-14)16-6-2-1-3-7-16/h4-5,8,11,14,16H,1-3,6-7,9-10,12-13H2,(H,23,25). The summed E-state index contributed by atoms with van der Waals surface area (Å²) in [7, 11) is 0. The zero-order chi connectivity index (χ0) is 18.6. The van der Waals surface area contributed by atoms with Gasteiger partial charge in [0.15, 0.2) is 6.61 Å². The van der Waals surface area contributed by atoms with Crippen molar-refractivity contribution in [1.29, 1.82) is 0 Å². The van der Waals surface area contributed by atoms with Gasteiger partial charge in [0.2, 0.25) is 0 Å². The number of halogens is 3. The Morgan fingerprint density at radius 1 is 1.15 bits per heavy atom. The van der Waals surface area contributed by atoms with Crippen LogP contribution < -0.4 is 10.1 Å². The third-order valence-corrected chi connectivity index (χ3v) is 4.92. The first kappa shape index (κ1) is 18.9. The summed E-state index contributed by atoms with van der Waals surface area (Å²) in [6.07, 6.45) is 3.48. The summed E-state index contributed by atoms with van der Waals surface area (Å²) in [5.41, 5.74) is 0.450. The molecule has 0 radical (unpaired) electrons. The number of carbonyl (C=O) groups excluding carboxylic acids is 1. The second-order valence-electron chi connectivity index (χ2n) is 7.25. The number of rotatable bonds is 6. The van der Waals surface area contributed by atoms with E-state index in [9.17, 15) is 18.0 Å². The molecule has 0 heterocycles. The number of ether oxygens (including phenoxy) is 1. The average molecular weight is 370 g/mol. The fourth-order valence-electron chi connectivity index (χ4n) is 3.39. The van der Waals surface area contributed by atoms with E-state index in [1.54, 1.807) is 12.1 Å². The van der Waals surface area contributed by atoms with E-state index in [0.29, 0.717) is 11.6 Å². The van der Waals surface area contributed by atoms with E-state index in [1.807, 2.05) is 4.90 Å². The molecule has 0 aromatic heterocycles. The average Bonchev–Trinajstić information content (AvgIpc) is 3.42. The molecule has 2 fully saturated rings. The van der Waals surface area contributed by atoms with Crippen molar-refractivity contribution in [2.75, 3.05) is 18.5 Å². The number of anilines is 1. The normalized spacial score (nSPS) is 18.4. The van der Waals surface area contributed by atoms with Crippen molar-refractivity contribution in [3.63, 3.8) is 0 Å². The van der Waals surface area contributed by atoms with Crippen LogP contribution in [0.2, 0.25) is 0 Å². The molecule has 2 saturated carbocycles. The molecule has 0 atom stereocenters. The quantitative estimate of drug-likeness (QED) is 0.747. The van der Waals surface area contributed by atoms with E-state index >= 15 is 0 Å². The Balaban J connectivity index is 1.62. The largest absolute Gasteiger partial charge is 0.484 e. The summed E-state index contributed by atoms with van der Waals surface area (Å²) < 4.78 is 41.6. The van der Waals surface area contributed by atoms with Gasteiger partial charge in [-0.05, 0) is 43.7 Å². The van der Waals surface area contributed by atoms with Crippen LogP contribution in [0.15, 0.2) is 24.3 Å². The molecule has 2 amide bonds. The maximum atomic E-state index is 12.8. The monoisotopic (exact) mass is 370 g/mol. The lowest BCUT2D eigenvalue weighted by Crippen LogP contribution is -2.45. The highest BCUT2D eigenvalue weighted by molar-refractivity contribution is 5.89. The fourth-order valence-corrected chi connectivity index (χ4v) is 3.39. The van der Waals surface area contributed by atoms with E-state index in [0.717, 1.165) is 45.1 Å². The molecule has 1 N–H and O–H groups in total. The van der Waals surface area contributed by atoms with Gasteiger partial charge < -0.3 is 15.0 Å². The van der Waals surface area contributed by atoms with E-state index in [4.69, 9.17) is 4.74 Å². The number of urea groups is 1. The molecular weight excluding hydrogens is 345 g/mol. The molecule has 2 aliphatic carbocycles. The highest BCUT2D eigenvalue weighted by atomic mass is 19.4. The van der Waals surface area contributed by atoms with Crippen molar-refractivity contribution in [1.82, 2.24) is 4.90 Å². The number of amides is 2. The Labute approximate surface area is 151 Å². The van der Waals surface area contributed by atoms with Gasteiger partial charge in [0.25, 0.3) is 0 Å². The third-order valence-electron chi connectivity index (χ3n) is 4.92. The Morgan fingerprint density at radius 3 is 2.54 bits per heavy atom. The minimum absolute atomic E-state index is 0.0894. The summed E-state index contributed by atoms with van der Waals surface area (Å²) >= 11 is 0. The molecule has 0 unspecified atom stereocenters. The van der Waals surface area contributed by atoms with Gasteiger partial charge in [-0.2, -0.15) is 13.2 Å². The van der Waals surface area contributed by atoms with Gasteiger partial charge in [0, 0.05) is 24.3 Å². The Bertz CT molecular complexity index is 611. The summed E-state index contributed by atoms with van der Waals surface area (Å²) in [5.74, 6) is 0.677.